The molecule has 0 bridgehead atoms. The molecule has 1 saturated heterocycles. The summed E-state index contributed by atoms with van der Waals surface area (Å²) in [6.45, 7) is 0. The van der Waals surface area contributed by atoms with Gasteiger partial charge in [0.2, 0.25) is 0 Å². The van der Waals surface area contributed by atoms with Gasteiger partial charge in [-0.15, -0.1) is 0 Å². The summed E-state index contributed by atoms with van der Waals surface area (Å²) >= 11 is 18.2. The fourth-order valence-corrected chi connectivity index (χ4v) is 3.52. The van der Waals surface area contributed by atoms with Crippen LogP contribution in [-0.2, 0) is 0 Å². The molecule has 7 heteroatoms. The third-order valence-electron chi connectivity index (χ3n) is 3.70. The van der Waals surface area contributed by atoms with E-state index in [9.17, 15) is 5.11 Å². The second-order valence-corrected chi connectivity index (χ2v) is 6.65. The van der Waals surface area contributed by atoms with E-state index >= 15 is 0 Å². The van der Waals surface area contributed by atoms with Crippen molar-refractivity contribution in [3.8, 4) is 11.5 Å². The first kappa shape index (κ1) is 16.7. The van der Waals surface area contributed by atoms with Gasteiger partial charge in [-0.05, 0) is 43.5 Å². The lowest BCUT2D eigenvalue weighted by Gasteiger charge is -2.31. The Hall–Kier alpha value is -1.20. The summed E-state index contributed by atoms with van der Waals surface area (Å²) in [6.07, 6.45) is 3.98. The number of hydrogen-bond acceptors (Lipinski definition) is 4. The maximum absolute atomic E-state index is 9.34. The molecule has 0 amide bonds. The quantitative estimate of drug-likeness (QED) is 0.798. The summed E-state index contributed by atoms with van der Waals surface area (Å²) in [5.41, 5.74) is 0.865. The number of halogens is 3. The van der Waals surface area contributed by atoms with Crippen molar-refractivity contribution in [3.63, 3.8) is 0 Å². The Morgan fingerprint density at radius 1 is 1.13 bits per heavy atom. The minimum Gasteiger partial charge on any atom is -0.506 e. The number of nitrogens with one attached hydrogen (secondary N) is 1. The Bertz CT molecular complexity index is 671. The van der Waals surface area contributed by atoms with Crippen LogP contribution in [0.5, 0.6) is 11.5 Å². The molecule has 1 fully saturated rings. The number of ether oxygens (including phenoxy) is 1. The first-order chi connectivity index (χ1) is 11.0. The SMILES string of the molecule is Oc1ccc(C2CCCC(Oc3c(Cl)cc(Cl)cc3Cl)N2)nc1. The average Bonchev–Trinajstić information content (AvgIpc) is 2.52. The molecule has 2 atom stereocenters. The van der Waals surface area contributed by atoms with E-state index in [1.165, 1.54) is 6.20 Å². The van der Waals surface area contributed by atoms with E-state index < -0.39 is 0 Å². The molecule has 0 spiro atoms. The number of piperidine rings is 1. The van der Waals surface area contributed by atoms with E-state index in [-0.39, 0.29) is 18.0 Å². The van der Waals surface area contributed by atoms with Crippen LogP contribution in [0.1, 0.15) is 31.0 Å². The minimum absolute atomic E-state index is 0.0548. The molecule has 0 saturated carbocycles. The molecule has 4 nitrogen and oxygen atoms in total. The van der Waals surface area contributed by atoms with E-state index in [0.29, 0.717) is 20.8 Å². The van der Waals surface area contributed by atoms with Crippen molar-refractivity contribution >= 4 is 34.8 Å². The van der Waals surface area contributed by atoms with Gasteiger partial charge in [0.25, 0.3) is 0 Å². The zero-order chi connectivity index (χ0) is 16.4. The number of pyridine rings is 1. The first-order valence-electron chi connectivity index (χ1n) is 7.25. The number of benzene rings is 1. The topological polar surface area (TPSA) is 54.4 Å². The van der Waals surface area contributed by atoms with E-state index in [1.54, 1.807) is 24.3 Å². The summed E-state index contributed by atoms with van der Waals surface area (Å²) in [4.78, 5) is 4.25. The molecule has 2 aromatic rings. The standard InChI is InChI=1S/C16H15Cl3N2O2/c17-9-6-11(18)16(12(19)7-9)23-15-3-1-2-14(21-15)13-5-4-10(22)8-20-13/h4-8,14-15,21-22H,1-3H2. The van der Waals surface area contributed by atoms with Crippen molar-refractivity contribution in [1.29, 1.82) is 0 Å². The summed E-state index contributed by atoms with van der Waals surface area (Å²) in [6, 6.07) is 6.69. The summed E-state index contributed by atoms with van der Waals surface area (Å²) in [5.74, 6) is 0.576. The molecule has 2 N–H and O–H groups in total. The predicted molar refractivity (Wildman–Crippen MR) is 91.5 cm³/mol. The van der Waals surface area contributed by atoms with Crippen LogP contribution in [0.15, 0.2) is 30.5 Å². The van der Waals surface area contributed by atoms with Gasteiger partial charge in [-0.1, -0.05) is 34.8 Å². The minimum atomic E-state index is -0.222. The smallest absolute Gasteiger partial charge is 0.158 e. The van der Waals surface area contributed by atoms with E-state index in [0.717, 1.165) is 25.0 Å². The van der Waals surface area contributed by atoms with Crippen molar-refractivity contribution in [2.45, 2.75) is 31.5 Å². The van der Waals surface area contributed by atoms with Gasteiger partial charge >= 0.3 is 0 Å². The van der Waals surface area contributed by atoms with Crippen LogP contribution in [0.25, 0.3) is 0 Å². The molecule has 0 aliphatic carbocycles. The Kier molecular flexibility index (Phi) is 5.17. The van der Waals surface area contributed by atoms with Crippen molar-refractivity contribution in [3.05, 3.63) is 51.2 Å². The highest BCUT2D eigenvalue weighted by molar-refractivity contribution is 6.40. The molecular weight excluding hydrogens is 359 g/mol. The lowest BCUT2D eigenvalue weighted by Crippen LogP contribution is -2.41. The lowest BCUT2D eigenvalue weighted by molar-refractivity contribution is 0.107. The average molecular weight is 374 g/mol. The largest absolute Gasteiger partial charge is 0.506 e. The zero-order valence-corrected chi connectivity index (χ0v) is 14.4. The zero-order valence-electron chi connectivity index (χ0n) is 12.1. The molecule has 1 aliphatic heterocycles. The predicted octanol–water partition coefficient (Wildman–Crippen LogP) is 4.97. The van der Waals surface area contributed by atoms with E-state index in [4.69, 9.17) is 39.5 Å². The van der Waals surface area contributed by atoms with E-state index in [1.807, 2.05) is 0 Å². The molecule has 122 valence electrons. The maximum Gasteiger partial charge on any atom is 0.158 e. The van der Waals surface area contributed by atoms with Gasteiger partial charge in [0.05, 0.1) is 28.0 Å². The molecule has 23 heavy (non-hydrogen) atoms. The van der Waals surface area contributed by atoms with Crippen molar-refractivity contribution in [1.82, 2.24) is 10.3 Å². The summed E-state index contributed by atoms with van der Waals surface area (Å²) in [5, 5.41) is 14.0. The first-order valence-corrected chi connectivity index (χ1v) is 8.38. The third-order valence-corrected chi connectivity index (χ3v) is 4.48. The second-order valence-electron chi connectivity index (χ2n) is 5.40. The highest BCUT2D eigenvalue weighted by Crippen LogP contribution is 2.37. The second kappa shape index (κ2) is 7.14. The third kappa shape index (κ3) is 4.01. The number of aromatic nitrogens is 1. The molecule has 1 aromatic carbocycles. The Morgan fingerprint density at radius 2 is 1.87 bits per heavy atom. The number of aromatic hydroxyl groups is 1. The van der Waals surface area contributed by atoms with Gasteiger partial charge in [0, 0.05) is 5.02 Å². The van der Waals surface area contributed by atoms with Crippen LogP contribution in [0, 0.1) is 0 Å². The van der Waals surface area contributed by atoms with Crippen LogP contribution < -0.4 is 10.1 Å². The molecule has 1 aromatic heterocycles. The summed E-state index contributed by atoms with van der Waals surface area (Å²) < 4.78 is 5.94. The number of rotatable bonds is 3. The van der Waals surface area contributed by atoms with Crippen LogP contribution >= 0.6 is 34.8 Å². The normalized spacial score (nSPS) is 21.2. The Labute approximate surface area is 149 Å². The molecule has 2 unspecified atom stereocenters. The van der Waals surface area contributed by atoms with Crippen LogP contribution in [0.4, 0.5) is 0 Å². The molecule has 1 aliphatic rings. The van der Waals surface area contributed by atoms with Gasteiger partial charge in [0.15, 0.2) is 12.0 Å². The lowest BCUT2D eigenvalue weighted by atomic mass is 10.0. The van der Waals surface area contributed by atoms with Crippen molar-refractivity contribution < 1.29 is 9.84 Å². The Morgan fingerprint density at radius 3 is 2.52 bits per heavy atom. The number of hydrogen-bond donors (Lipinski definition) is 2. The fraction of sp³-hybridized carbons (Fsp3) is 0.312. The maximum atomic E-state index is 9.34. The monoisotopic (exact) mass is 372 g/mol. The highest BCUT2D eigenvalue weighted by Gasteiger charge is 2.25. The van der Waals surface area contributed by atoms with Crippen LogP contribution in [0.3, 0.4) is 0 Å². The molecular formula is C16H15Cl3N2O2. The highest BCUT2D eigenvalue weighted by atomic mass is 35.5. The molecule has 2 heterocycles. The Balaban J connectivity index is 1.73. The van der Waals surface area contributed by atoms with Gasteiger partial charge in [0.1, 0.15) is 5.75 Å². The van der Waals surface area contributed by atoms with Gasteiger partial charge < -0.3 is 9.84 Å². The van der Waals surface area contributed by atoms with E-state index in [2.05, 4.69) is 10.3 Å². The fourth-order valence-electron chi connectivity index (χ4n) is 2.61. The van der Waals surface area contributed by atoms with Crippen molar-refractivity contribution in [2.24, 2.45) is 0 Å². The van der Waals surface area contributed by atoms with Crippen LogP contribution in [0.2, 0.25) is 15.1 Å². The van der Waals surface area contributed by atoms with Gasteiger partial charge in [-0.2, -0.15) is 0 Å². The number of nitrogens with zero attached hydrogens (tertiary/aromatic N) is 1. The van der Waals surface area contributed by atoms with Crippen molar-refractivity contribution in [2.75, 3.05) is 0 Å². The molecule has 0 radical (unpaired) electrons. The summed E-state index contributed by atoms with van der Waals surface area (Å²) in [7, 11) is 0. The van der Waals surface area contributed by atoms with Crippen LogP contribution in [-0.4, -0.2) is 16.3 Å². The van der Waals surface area contributed by atoms with Gasteiger partial charge in [-0.25, -0.2) is 0 Å². The molecule has 3 rings (SSSR count). The van der Waals surface area contributed by atoms with Gasteiger partial charge in [-0.3, -0.25) is 10.3 Å².